The third-order valence-electron chi connectivity index (χ3n) is 12.4. The van der Waals surface area contributed by atoms with Gasteiger partial charge in [-0.1, -0.05) is 247 Å². The minimum Gasteiger partial charge on any atom is -0.462 e. The van der Waals surface area contributed by atoms with Gasteiger partial charge in [-0.3, -0.25) is 14.4 Å². The maximum absolute atomic E-state index is 12.8. The van der Waals surface area contributed by atoms with Crippen LogP contribution in [-0.2, 0) is 28.6 Å². The van der Waals surface area contributed by atoms with Crippen LogP contribution in [0.1, 0.15) is 278 Å². The Morgan fingerprint density at radius 2 is 0.565 bits per heavy atom. The molecule has 0 rings (SSSR count). The maximum Gasteiger partial charge on any atom is 0.306 e. The van der Waals surface area contributed by atoms with Crippen molar-refractivity contribution in [2.45, 2.75) is 284 Å². The van der Waals surface area contributed by atoms with E-state index in [9.17, 15) is 14.4 Å². The summed E-state index contributed by atoms with van der Waals surface area (Å²) < 4.78 is 16.7. The first-order valence-electron chi connectivity index (χ1n) is 29.1. The van der Waals surface area contributed by atoms with Gasteiger partial charge in [-0.2, -0.15) is 0 Å². The third-order valence-corrected chi connectivity index (χ3v) is 12.4. The van der Waals surface area contributed by atoms with Crippen LogP contribution in [0.2, 0.25) is 0 Å². The van der Waals surface area contributed by atoms with Gasteiger partial charge in [-0.15, -0.1) is 0 Å². The van der Waals surface area contributed by atoms with E-state index in [1.807, 2.05) is 0 Å². The van der Waals surface area contributed by atoms with E-state index in [4.69, 9.17) is 14.2 Å². The van der Waals surface area contributed by atoms with Gasteiger partial charge in [0.2, 0.25) is 0 Å². The number of ether oxygens (including phenoxy) is 3. The Morgan fingerprint density at radius 1 is 0.304 bits per heavy atom. The lowest BCUT2D eigenvalue weighted by Crippen LogP contribution is -2.30. The quantitative estimate of drug-likeness (QED) is 0.0262. The highest BCUT2D eigenvalue weighted by molar-refractivity contribution is 5.71. The van der Waals surface area contributed by atoms with E-state index >= 15 is 0 Å². The molecule has 1 atom stereocenters. The highest BCUT2D eigenvalue weighted by Crippen LogP contribution is 2.15. The summed E-state index contributed by atoms with van der Waals surface area (Å²) in [5.74, 6) is -0.897. The van der Waals surface area contributed by atoms with Crippen molar-refractivity contribution in [3.8, 4) is 0 Å². The Morgan fingerprint density at radius 3 is 0.899 bits per heavy atom. The zero-order chi connectivity index (χ0) is 50.0. The summed E-state index contributed by atoms with van der Waals surface area (Å²) in [4.78, 5) is 37.8. The predicted octanol–water partition coefficient (Wildman–Crippen LogP) is 19.5. The average Bonchev–Trinajstić information content (AvgIpc) is 3.35. The molecule has 0 saturated heterocycles. The molecule has 396 valence electrons. The summed E-state index contributed by atoms with van der Waals surface area (Å²) in [5.41, 5.74) is 0. The second-order valence-corrected chi connectivity index (χ2v) is 19.2. The molecule has 0 aromatic heterocycles. The number of hydrogen-bond donors (Lipinski definition) is 0. The van der Waals surface area contributed by atoms with Gasteiger partial charge >= 0.3 is 17.9 Å². The molecule has 6 nitrogen and oxygen atoms in total. The minimum absolute atomic E-state index is 0.0788. The van der Waals surface area contributed by atoms with Gasteiger partial charge in [0.1, 0.15) is 13.2 Å². The van der Waals surface area contributed by atoms with Crippen molar-refractivity contribution in [3.05, 3.63) is 85.1 Å². The van der Waals surface area contributed by atoms with Crippen molar-refractivity contribution < 1.29 is 28.6 Å². The molecule has 6 heteroatoms. The molecule has 0 aromatic carbocycles. The Hall–Kier alpha value is -3.41. The summed E-state index contributed by atoms with van der Waals surface area (Å²) >= 11 is 0. The predicted molar refractivity (Wildman–Crippen MR) is 297 cm³/mol. The first-order valence-corrected chi connectivity index (χ1v) is 29.1. The van der Waals surface area contributed by atoms with Gasteiger partial charge in [0.25, 0.3) is 0 Å². The van der Waals surface area contributed by atoms with Crippen LogP contribution in [0.5, 0.6) is 0 Å². The van der Waals surface area contributed by atoms with Crippen molar-refractivity contribution >= 4 is 17.9 Å². The number of allylic oxidation sites excluding steroid dienone is 14. The van der Waals surface area contributed by atoms with E-state index in [0.29, 0.717) is 19.3 Å². The van der Waals surface area contributed by atoms with Crippen LogP contribution in [0.3, 0.4) is 0 Å². The molecular formula is C63H108O6. The summed E-state index contributed by atoms with van der Waals surface area (Å²) in [7, 11) is 0. The smallest absolute Gasteiger partial charge is 0.306 e. The van der Waals surface area contributed by atoms with E-state index < -0.39 is 6.10 Å². The lowest BCUT2D eigenvalue weighted by molar-refractivity contribution is -0.167. The van der Waals surface area contributed by atoms with Crippen LogP contribution in [0, 0.1) is 0 Å². The number of unbranched alkanes of at least 4 members (excludes halogenated alkanes) is 27. The van der Waals surface area contributed by atoms with E-state index in [-0.39, 0.29) is 31.1 Å². The Bertz CT molecular complexity index is 1330. The molecule has 0 spiro atoms. The van der Waals surface area contributed by atoms with Gasteiger partial charge in [0, 0.05) is 19.3 Å². The zero-order valence-electron chi connectivity index (χ0n) is 45.3. The Kier molecular flexibility index (Phi) is 54.3. The van der Waals surface area contributed by atoms with Crippen LogP contribution < -0.4 is 0 Å². The Labute approximate surface area is 426 Å². The van der Waals surface area contributed by atoms with Crippen molar-refractivity contribution in [1.29, 1.82) is 0 Å². The zero-order valence-corrected chi connectivity index (χ0v) is 45.3. The molecule has 0 N–H and O–H groups in total. The van der Waals surface area contributed by atoms with Gasteiger partial charge in [0.05, 0.1) is 0 Å². The highest BCUT2D eigenvalue weighted by Gasteiger charge is 2.19. The first kappa shape index (κ1) is 65.6. The molecule has 0 aliphatic rings. The number of carbonyl (C=O) groups is 3. The van der Waals surface area contributed by atoms with E-state index in [2.05, 4.69) is 106 Å². The van der Waals surface area contributed by atoms with Crippen molar-refractivity contribution in [2.24, 2.45) is 0 Å². The van der Waals surface area contributed by atoms with Gasteiger partial charge in [0.15, 0.2) is 6.10 Å². The molecule has 0 aliphatic heterocycles. The van der Waals surface area contributed by atoms with E-state index in [1.54, 1.807) is 0 Å². The summed E-state index contributed by atoms with van der Waals surface area (Å²) in [6, 6.07) is 0. The molecule has 0 bridgehead atoms. The van der Waals surface area contributed by atoms with Crippen LogP contribution in [0.4, 0.5) is 0 Å². The lowest BCUT2D eigenvalue weighted by Gasteiger charge is -2.18. The van der Waals surface area contributed by atoms with Crippen molar-refractivity contribution in [3.63, 3.8) is 0 Å². The molecule has 0 aromatic rings. The standard InChI is InChI=1S/C63H108O6/c1-4-7-10-13-15-17-19-21-23-25-26-27-28-29-30-31-32-33-34-35-36-38-39-41-43-45-47-50-53-56-62(65)68-59-60(58-67-61(64)55-52-49-12-9-6-3)69-63(66)57-54-51-48-46-44-42-40-37-24-22-20-18-16-14-11-8-5-2/h7,10,15,17,21-24,26-27,29-30,32-33,60H,4-6,8-9,11-14,16,18-20,25,28,31,34-59H2,1-3H3/b10-7-,17-15-,23-21-,24-22-,27-26-,30-29-,33-32-. The summed E-state index contributed by atoms with van der Waals surface area (Å²) in [6.45, 7) is 6.44. The largest absolute Gasteiger partial charge is 0.462 e. The first-order chi connectivity index (χ1) is 34.0. The molecule has 0 heterocycles. The van der Waals surface area contributed by atoms with Crippen molar-refractivity contribution in [1.82, 2.24) is 0 Å². The van der Waals surface area contributed by atoms with Crippen LogP contribution in [-0.4, -0.2) is 37.2 Å². The second kappa shape index (κ2) is 57.2. The van der Waals surface area contributed by atoms with Gasteiger partial charge in [-0.25, -0.2) is 0 Å². The average molecular weight is 962 g/mol. The lowest BCUT2D eigenvalue weighted by atomic mass is 10.1. The molecule has 0 amide bonds. The Balaban J connectivity index is 4.07. The summed E-state index contributed by atoms with van der Waals surface area (Å²) in [6.07, 6.45) is 74.8. The molecule has 0 saturated carbocycles. The van der Waals surface area contributed by atoms with Crippen LogP contribution in [0.25, 0.3) is 0 Å². The second-order valence-electron chi connectivity index (χ2n) is 19.2. The number of rotatable bonds is 52. The van der Waals surface area contributed by atoms with E-state index in [1.165, 1.54) is 135 Å². The number of hydrogen-bond acceptors (Lipinski definition) is 6. The van der Waals surface area contributed by atoms with E-state index in [0.717, 1.165) is 103 Å². The normalized spacial score (nSPS) is 12.7. The maximum atomic E-state index is 12.8. The van der Waals surface area contributed by atoms with Gasteiger partial charge in [-0.05, 0) is 96.3 Å². The highest BCUT2D eigenvalue weighted by atomic mass is 16.6. The molecule has 0 radical (unpaired) electrons. The molecule has 0 fully saturated rings. The fourth-order valence-corrected chi connectivity index (χ4v) is 8.03. The van der Waals surface area contributed by atoms with Crippen molar-refractivity contribution in [2.75, 3.05) is 13.2 Å². The van der Waals surface area contributed by atoms with Crippen LogP contribution >= 0.6 is 0 Å². The SMILES string of the molecule is CC/C=C\C/C=C\C/C=C\C/C=C\C/C=C\C/C=C\CCCCCCCCCCCCC(=O)OCC(COC(=O)CCCCCCC)OC(=O)CCCCCCCCC/C=C\CCCCCCCC. The number of carbonyl (C=O) groups excluding carboxylic acids is 3. The third kappa shape index (κ3) is 55.4. The summed E-state index contributed by atoms with van der Waals surface area (Å²) in [5, 5.41) is 0. The fraction of sp³-hybridized carbons (Fsp3) is 0.730. The minimum atomic E-state index is -0.776. The van der Waals surface area contributed by atoms with Gasteiger partial charge < -0.3 is 14.2 Å². The number of esters is 3. The topological polar surface area (TPSA) is 78.9 Å². The fourth-order valence-electron chi connectivity index (χ4n) is 8.03. The molecular weight excluding hydrogens is 853 g/mol. The monoisotopic (exact) mass is 961 g/mol. The molecule has 1 unspecified atom stereocenters. The van der Waals surface area contributed by atoms with Crippen LogP contribution in [0.15, 0.2) is 85.1 Å². The molecule has 0 aliphatic carbocycles. The molecule has 69 heavy (non-hydrogen) atoms.